The molecule has 0 spiro atoms. The van der Waals surface area contributed by atoms with Gasteiger partial charge in [0.15, 0.2) is 62.2 Å². The lowest BCUT2D eigenvalue weighted by atomic mass is 9.95. The Kier molecular flexibility index (Phi) is 17.5. The average Bonchev–Trinajstić information content (AvgIpc) is 3.28. The van der Waals surface area contributed by atoms with Crippen LogP contribution in [-0.2, 0) is 71.3 Å². The summed E-state index contributed by atoms with van der Waals surface area (Å²) in [6, 6.07) is 0. The van der Waals surface area contributed by atoms with Crippen LogP contribution in [0.3, 0.4) is 0 Å². The lowest BCUT2D eigenvalue weighted by Crippen LogP contribution is -2.69. The summed E-state index contributed by atoms with van der Waals surface area (Å²) in [5, 5.41) is 190. The van der Waals surface area contributed by atoms with Crippen LogP contribution in [0.2, 0.25) is 0 Å². The van der Waals surface area contributed by atoms with Crippen molar-refractivity contribution in [1.29, 1.82) is 0 Å². The van der Waals surface area contributed by atoms with E-state index < -0.39 is 208 Å². The van der Waals surface area contributed by atoms with E-state index in [-0.39, 0.29) is 0 Å². The lowest BCUT2D eigenvalue weighted by molar-refractivity contribution is -0.405. The third-order valence-electron chi connectivity index (χ3n) is 12.2. The van der Waals surface area contributed by atoms with E-state index in [1.54, 1.807) is 0 Å². The molecule has 0 aromatic heterocycles. The topological polar surface area (TPSA) is 534 Å². The molecule has 0 aliphatic carbocycles. The van der Waals surface area contributed by atoms with Gasteiger partial charge in [-0.3, -0.25) is 0 Å². The first-order valence-electron chi connectivity index (χ1n) is 20.8. The molecule has 0 amide bonds. The normalized spacial score (nSPS) is 51.9. The Bertz CT molecular complexity index is 1790. The summed E-state index contributed by atoms with van der Waals surface area (Å²) in [5.74, 6) is -7.88. The third kappa shape index (κ3) is 11.0. The Morgan fingerprint density at radius 3 is 1.09 bits per heavy atom. The van der Waals surface area contributed by atoms with Crippen LogP contribution in [0, 0.1) is 0 Å². The number of aliphatic hydroxyl groups is 14. The molecule has 33 nitrogen and oxygen atoms in total. The van der Waals surface area contributed by atoms with Crippen molar-refractivity contribution in [2.75, 3.05) is 0 Å². The summed E-state index contributed by atoms with van der Waals surface area (Å²) in [7, 11) is 0. The number of ether oxygens (including phenoxy) is 11. The summed E-state index contributed by atoms with van der Waals surface area (Å²) in [6.07, 6.45) is -68.0. The van der Waals surface area contributed by atoms with Crippen LogP contribution < -0.4 is 0 Å². The van der Waals surface area contributed by atoms with Gasteiger partial charge in [0.1, 0.15) is 110 Å². The molecule has 0 bridgehead atoms. The second-order valence-corrected chi connectivity index (χ2v) is 16.9. The van der Waals surface area contributed by atoms with Crippen LogP contribution in [0.25, 0.3) is 0 Å². The first kappa shape index (κ1) is 55.2. The maximum Gasteiger partial charge on any atom is 0.335 e. The number of hydrogen-bond donors (Lipinski definition) is 18. The number of rotatable bonds is 14. The number of carboxylic acid groups (broad SMARTS) is 4. The Labute approximate surface area is 385 Å². The molecule has 6 aliphatic heterocycles. The number of aliphatic hydroxyl groups excluding tert-OH is 14. The van der Waals surface area contributed by atoms with Gasteiger partial charge < -0.3 is 144 Å². The molecule has 18 N–H and O–H groups in total. The van der Waals surface area contributed by atoms with Crippen molar-refractivity contribution in [2.45, 2.75) is 198 Å². The molecule has 1 unspecified atom stereocenters. The Balaban J connectivity index is 1.34. The summed E-state index contributed by atoms with van der Waals surface area (Å²) in [6.45, 7) is 2.35. The molecule has 30 atom stereocenters. The van der Waals surface area contributed by atoms with Gasteiger partial charge in [0.05, 0.1) is 12.2 Å². The molecule has 0 radical (unpaired) electrons. The van der Waals surface area contributed by atoms with Crippen LogP contribution in [-0.4, -0.2) is 300 Å². The van der Waals surface area contributed by atoms with Gasteiger partial charge in [-0.1, -0.05) is 0 Å². The summed E-state index contributed by atoms with van der Waals surface area (Å²) < 4.78 is 59.8. The van der Waals surface area contributed by atoms with E-state index in [0.29, 0.717) is 0 Å². The molecule has 6 rings (SSSR count). The number of carboxylic acids is 4. The predicted octanol–water partition coefficient (Wildman–Crippen LogP) is -11.7. The van der Waals surface area contributed by atoms with E-state index in [1.165, 1.54) is 6.92 Å². The van der Waals surface area contributed by atoms with Gasteiger partial charge in [0.2, 0.25) is 0 Å². The number of aliphatic carboxylic acids is 4. The predicted molar refractivity (Wildman–Crippen MR) is 199 cm³/mol. The van der Waals surface area contributed by atoms with E-state index >= 15 is 0 Å². The summed E-state index contributed by atoms with van der Waals surface area (Å²) >= 11 is 0. The zero-order chi connectivity index (χ0) is 51.4. The van der Waals surface area contributed by atoms with Crippen LogP contribution in [0.1, 0.15) is 13.8 Å². The van der Waals surface area contributed by atoms with Gasteiger partial charge in [0, 0.05) is 0 Å². The zero-order valence-electron chi connectivity index (χ0n) is 35.5. The summed E-state index contributed by atoms with van der Waals surface area (Å²) in [5.41, 5.74) is 0. The highest BCUT2D eigenvalue weighted by atomic mass is 16.8. The minimum atomic E-state index is -2.58. The van der Waals surface area contributed by atoms with Crippen LogP contribution in [0.4, 0.5) is 0 Å². The molecule has 0 saturated carbocycles. The van der Waals surface area contributed by atoms with Crippen molar-refractivity contribution in [3.8, 4) is 0 Å². The molecule has 69 heavy (non-hydrogen) atoms. The van der Waals surface area contributed by atoms with Gasteiger partial charge in [-0.05, 0) is 13.8 Å². The molecule has 0 aromatic rings. The van der Waals surface area contributed by atoms with Crippen molar-refractivity contribution < 1.29 is 163 Å². The van der Waals surface area contributed by atoms with Crippen molar-refractivity contribution in [2.24, 2.45) is 0 Å². The monoisotopic (exact) mass is 1010 g/mol. The average molecular weight is 1010 g/mol. The third-order valence-corrected chi connectivity index (χ3v) is 12.2. The van der Waals surface area contributed by atoms with Crippen molar-refractivity contribution in [3.63, 3.8) is 0 Å². The van der Waals surface area contributed by atoms with Crippen LogP contribution >= 0.6 is 0 Å². The molecular weight excluding hydrogens is 960 g/mol. The second-order valence-electron chi connectivity index (χ2n) is 16.9. The molecule has 0 aromatic carbocycles. The van der Waals surface area contributed by atoms with E-state index in [1.807, 2.05) is 0 Å². The quantitative estimate of drug-likeness (QED) is 0.0768. The number of carbonyl (C=O) groups is 4. The van der Waals surface area contributed by atoms with Crippen LogP contribution in [0.5, 0.6) is 0 Å². The zero-order valence-corrected chi connectivity index (χ0v) is 35.5. The highest BCUT2D eigenvalue weighted by molar-refractivity contribution is 5.74. The van der Waals surface area contributed by atoms with E-state index in [9.17, 15) is 111 Å². The van der Waals surface area contributed by atoms with Gasteiger partial charge in [-0.15, -0.1) is 0 Å². The van der Waals surface area contributed by atoms with E-state index in [4.69, 9.17) is 52.1 Å². The first-order valence-corrected chi connectivity index (χ1v) is 20.8. The fourth-order valence-electron chi connectivity index (χ4n) is 8.28. The van der Waals surface area contributed by atoms with Crippen molar-refractivity contribution >= 4 is 23.9 Å². The van der Waals surface area contributed by atoms with Crippen molar-refractivity contribution in [1.82, 2.24) is 0 Å². The highest BCUT2D eigenvalue weighted by Crippen LogP contribution is 2.38. The first-order chi connectivity index (χ1) is 32.2. The van der Waals surface area contributed by atoms with Gasteiger partial charge in [-0.25, -0.2) is 19.2 Å². The Morgan fingerprint density at radius 1 is 0.290 bits per heavy atom. The minimum absolute atomic E-state index is 1.11. The maximum atomic E-state index is 13.0. The van der Waals surface area contributed by atoms with E-state index in [0.717, 1.165) is 6.92 Å². The smallest absolute Gasteiger partial charge is 0.335 e. The van der Waals surface area contributed by atoms with Gasteiger partial charge in [-0.2, -0.15) is 0 Å². The van der Waals surface area contributed by atoms with Gasteiger partial charge in [0.25, 0.3) is 0 Å². The second kappa shape index (κ2) is 21.9. The molecule has 33 heteroatoms. The number of hydrogen-bond acceptors (Lipinski definition) is 29. The molecule has 6 saturated heterocycles. The fraction of sp³-hybridized carbons (Fsp3) is 0.889. The SMILES string of the molecule is C[C@@H]1O[C@@H](O[C@@H]2[C@H](O[C@@H]3O[C@H](C(=O)O)[C@@H](O)[C@H](O)[C@H]3O)[C@@H](O)[C@@H](O[C@H]3C(O)O[C@@H](C)[C@H](O)[C@H]3O)O[C@@H]2C(=O)O)[C@H](O[C@H]2O[C@H](C(=O)O)[C@H](O)[C@H](O[C@@H]3O[C@H](C(=O)O)[C@@H](O)[C@H](O)[C@H]3O)[C@H]2O)[C@H](O)[C@H]1O. The van der Waals surface area contributed by atoms with Gasteiger partial charge >= 0.3 is 23.9 Å². The van der Waals surface area contributed by atoms with E-state index in [2.05, 4.69) is 0 Å². The van der Waals surface area contributed by atoms with Crippen LogP contribution in [0.15, 0.2) is 0 Å². The maximum absolute atomic E-state index is 13.0. The largest absolute Gasteiger partial charge is 0.479 e. The Morgan fingerprint density at radius 2 is 0.623 bits per heavy atom. The molecule has 6 heterocycles. The minimum Gasteiger partial charge on any atom is -0.479 e. The molecule has 6 fully saturated rings. The van der Waals surface area contributed by atoms with Crippen molar-refractivity contribution in [3.05, 3.63) is 0 Å². The highest BCUT2D eigenvalue weighted by Gasteiger charge is 2.60. The summed E-state index contributed by atoms with van der Waals surface area (Å²) in [4.78, 5) is 48.9. The molecule has 396 valence electrons. The molecule has 6 aliphatic rings. The standard InChI is InChI=1S/C36H54O33/c1-3-5(37)9(41)23(31(58)59-3)66-35-17(49)19(62-33-14(46)8(40)12(44)21(64-33)28(52)53)25(26(69-35)30(56)57)68-36-24(10(42)6(38)4(2)60-36)67-34-16(48)18(15(47)22(65-34)29(54)55)61-32-13(45)7(39)11(43)20(63-32)27(50)51/h3-26,31-49,58H,1-2H3,(H,50,51)(H,52,53)(H,54,55)(H,56,57)/t3-,4-,5-,6-,7-,8-,9+,10+,11-,12-,13+,14+,15+,16+,17+,18-,19+,20-,21-,22-,23+,24+,25+,26-,31?,32+,33+,34+,35-,36-/m0/s1. The Hall–Kier alpha value is -3.12. The lowest BCUT2D eigenvalue weighted by Gasteiger charge is -2.50. The molecular formula is C36H54O33. The fourth-order valence-corrected chi connectivity index (χ4v) is 8.28.